The van der Waals surface area contributed by atoms with Gasteiger partial charge in [0.25, 0.3) is 0 Å². The molecule has 266 valence electrons. The summed E-state index contributed by atoms with van der Waals surface area (Å²) in [5.41, 5.74) is 5.32. The highest BCUT2D eigenvalue weighted by Gasteiger charge is 2.25. The molecule has 0 aliphatic carbocycles. The van der Waals surface area contributed by atoms with Gasteiger partial charge in [-0.2, -0.15) is 0 Å². The summed E-state index contributed by atoms with van der Waals surface area (Å²) < 4.78 is 32.5. The van der Waals surface area contributed by atoms with E-state index in [0.717, 1.165) is 77.0 Å². The fraction of sp³-hybridized carbons (Fsp3) is 0.722. The third-order valence-electron chi connectivity index (χ3n) is 7.01. The predicted molar refractivity (Wildman–Crippen MR) is 187 cm³/mol. The summed E-state index contributed by atoms with van der Waals surface area (Å²) >= 11 is 0. The lowest BCUT2D eigenvalue weighted by Gasteiger charge is -2.19. The van der Waals surface area contributed by atoms with Crippen molar-refractivity contribution in [1.29, 1.82) is 0 Å². The third-order valence-corrected chi connectivity index (χ3v) is 7.99. The number of nitrogens with two attached hydrogens (primary N) is 1. The van der Waals surface area contributed by atoms with E-state index in [-0.39, 0.29) is 32.6 Å². The molecule has 0 heterocycles. The molecule has 0 bridgehead atoms. The van der Waals surface area contributed by atoms with Gasteiger partial charge in [-0.3, -0.25) is 18.6 Å². The van der Waals surface area contributed by atoms with Crippen molar-refractivity contribution in [3.63, 3.8) is 0 Å². The molecule has 10 heteroatoms. The van der Waals surface area contributed by atoms with Crippen LogP contribution in [0.15, 0.2) is 48.6 Å². The Kier molecular flexibility index (Phi) is 31.4. The number of allylic oxidation sites excluding steroid dienone is 8. The monoisotopic (exact) mass is 669 g/mol. The lowest BCUT2D eigenvalue weighted by atomic mass is 10.1. The van der Waals surface area contributed by atoms with Crippen LogP contribution in [0.25, 0.3) is 0 Å². The molecule has 9 nitrogen and oxygen atoms in total. The predicted octanol–water partition coefficient (Wildman–Crippen LogP) is 9.21. The molecule has 46 heavy (non-hydrogen) atoms. The largest absolute Gasteiger partial charge is 0.472 e. The summed E-state index contributed by atoms with van der Waals surface area (Å²) in [6.45, 7) is 3.50. The number of carbonyl (C=O) groups excluding carboxylic acids is 2. The van der Waals surface area contributed by atoms with Crippen LogP contribution in [0.2, 0.25) is 0 Å². The lowest BCUT2D eigenvalue weighted by Crippen LogP contribution is -2.29. The van der Waals surface area contributed by atoms with Gasteiger partial charge in [0, 0.05) is 19.4 Å². The molecular formula is C36H64NO8P. The van der Waals surface area contributed by atoms with E-state index in [1.165, 1.54) is 25.7 Å². The average Bonchev–Trinajstić information content (AvgIpc) is 3.04. The topological polar surface area (TPSA) is 134 Å². The molecule has 0 aliphatic heterocycles. The van der Waals surface area contributed by atoms with Crippen molar-refractivity contribution in [2.24, 2.45) is 5.73 Å². The molecule has 2 atom stereocenters. The van der Waals surface area contributed by atoms with Crippen LogP contribution in [0, 0.1) is 0 Å². The molecule has 0 saturated heterocycles. The lowest BCUT2D eigenvalue weighted by molar-refractivity contribution is -0.161. The van der Waals surface area contributed by atoms with Gasteiger partial charge in [0.05, 0.1) is 13.2 Å². The Morgan fingerprint density at radius 2 is 1.22 bits per heavy atom. The van der Waals surface area contributed by atoms with Crippen LogP contribution >= 0.6 is 7.82 Å². The van der Waals surface area contributed by atoms with Crippen molar-refractivity contribution in [3.8, 4) is 0 Å². The molecule has 3 N–H and O–H groups in total. The molecule has 0 spiro atoms. The first-order valence-corrected chi connectivity index (χ1v) is 19.1. The summed E-state index contributed by atoms with van der Waals surface area (Å²) in [5, 5.41) is 0. The van der Waals surface area contributed by atoms with Gasteiger partial charge in [-0.05, 0) is 57.8 Å². The maximum absolute atomic E-state index is 12.5. The number of esters is 2. The zero-order chi connectivity index (χ0) is 34.0. The van der Waals surface area contributed by atoms with Gasteiger partial charge >= 0.3 is 19.8 Å². The van der Waals surface area contributed by atoms with Crippen molar-refractivity contribution in [2.75, 3.05) is 26.4 Å². The van der Waals surface area contributed by atoms with Gasteiger partial charge in [-0.1, -0.05) is 114 Å². The Labute approximate surface area is 279 Å². The Balaban J connectivity index is 4.33. The van der Waals surface area contributed by atoms with Gasteiger partial charge in [-0.25, -0.2) is 4.57 Å². The number of phosphoric ester groups is 1. The molecule has 0 aliphatic rings. The van der Waals surface area contributed by atoms with Crippen molar-refractivity contribution in [2.45, 2.75) is 142 Å². The molecule has 2 unspecified atom stereocenters. The molecule has 0 aromatic carbocycles. The van der Waals surface area contributed by atoms with Crippen LogP contribution in [-0.4, -0.2) is 49.3 Å². The van der Waals surface area contributed by atoms with Crippen LogP contribution < -0.4 is 5.73 Å². The minimum atomic E-state index is -4.37. The van der Waals surface area contributed by atoms with Gasteiger partial charge < -0.3 is 20.1 Å². The first-order chi connectivity index (χ1) is 22.3. The van der Waals surface area contributed by atoms with Gasteiger partial charge in [-0.15, -0.1) is 0 Å². The third kappa shape index (κ3) is 31.9. The summed E-state index contributed by atoms with van der Waals surface area (Å²) in [4.78, 5) is 34.6. The van der Waals surface area contributed by atoms with Crippen LogP contribution in [0.1, 0.15) is 136 Å². The number of carbonyl (C=O) groups is 2. The van der Waals surface area contributed by atoms with Crippen molar-refractivity contribution >= 4 is 19.8 Å². The SMILES string of the molecule is CC/C=C/C=C/C=C/CCCCCCCC(=O)OC(COC(=O)CCCCCCC/C=C/CCCCC)COP(=O)(O)OCCN. The minimum absolute atomic E-state index is 0.0467. The quantitative estimate of drug-likeness (QED) is 0.0236. The summed E-state index contributed by atoms with van der Waals surface area (Å²) in [5.74, 6) is -0.871. The van der Waals surface area contributed by atoms with E-state index >= 15 is 0 Å². The van der Waals surface area contributed by atoms with E-state index < -0.39 is 32.5 Å². The number of phosphoric acid groups is 1. The van der Waals surface area contributed by atoms with Gasteiger partial charge in [0.15, 0.2) is 6.10 Å². The molecule has 0 radical (unpaired) electrons. The van der Waals surface area contributed by atoms with Crippen molar-refractivity contribution < 1.29 is 37.6 Å². The molecule has 0 saturated carbocycles. The minimum Gasteiger partial charge on any atom is -0.462 e. The average molecular weight is 670 g/mol. The summed E-state index contributed by atoms with van der Waals surface area (Å²) in [7, 11) is -4.37. The second-order valence-electron chi connectivity index (χ2n) is 11.4. The highest BCUT2D eigenvalue weighted by Crippen LogP contribution is 2.43. The molecule has 0 aromatic heterocycles. The van der Waals surface area contributed by atoms with E-state index in [4.69, 9.17) is 24.3 Å². The normalized spacial score (nSPS) is 14.1. The molecular weight excluding hydrogens is 605 g/mol. The summed E-state index contributed by atoms with van der Waals surface area (Å²) in [6.07, 6.45) is 34.3. The number of rotatable bonds is 32. The number of hydrogen-bond donors (Lipinski definition) is 2. The van der Waals surface area contributed by atoms with E-state index in [0.29, 0.717) is 6.42 Å². The molecule has 0 amide bonds. The Hall–Kier alpha value is -2.03. The van der Waals surface area contributed by atoms with E-state index in [9.17, 15) is 19.0 Å². The maximum Gasteiger partial charge on any atom is 0.472 e. The van der Waals surface area contributed by atoms with Crippen LogP contribution in [-0.2, 0) is 32.7 Å². The van der Waals surface area contributed by atoms with E-state index in [1.54, 1.807) is 0 Å². The summed E-state index contributed by atoms with van der Waals surface area (Å²) in [6, 6.07) is 0. The second-order valence-corrected chi connectivity index (χ2v) is 12.9. The standard InChI is InChI=1S/C36H64NO8P/c1-3-5-7-9-11-13-15-17-19-21-23-25-27-29-36(39)45-34(33-44-46(40,41)43-31-30-37)32-42-35(38)28-26-24-22-20-18-16-14-12-10-8-6-4-2/h5,7,9,11-15,34H,3-4,6,8,10,16-33,37H2,1-2H3,(H,40,41)/b7-5+,11-9+,14-12+,15-13+. The molecule has 0 aromatic rings. The fourth-order valence-corrected chi connectivity index (χ4v) is 5.16. The fourth-order valence-electron chi connectivity index (χ4n) is 4.39. The Morgan fingerprint density at radius 3 is 1.83 bits per heavy atom. The first kappa shape index (κ1) is 44.0. The highest BCUT2D eigenvalue weighted by molar-refractivity contribution is 7.47. The van der Waals surface area contributed by atoms with Gasteiger partial charge in [0.2, 0.25) is 0 Å². The molecule has 0 rings (SSSR count). The van der Waals surface area contributed by atoms with E-state index in [2.05, 4.69) is 44.2 Å². The van der Waals surface area contributed by atoms with Crippen molar-refractivity contribution in [3.05, 3.63) is 48.6 Å². The number of unbranched alkanes of at least 4 members (excludes halogenated alkanes) is 13. The first-order valence-electron chi connectivity index (χ1n) is 17.6. The van der Waals surface area contributed by atoms with Crippen molar-refractivity contribution in [1.82, 2.24) is 0 Å². The Morgan fingerprint density at radius 1 is 0.674 bits per heavy atom. The van der Waals surface area contributed by atoms with E-state index in [1.807, 2.05) is 18.2 Å². The van der Waals surface area contributed by atoms with Gasteiger partial charge in [0.1, 0.15) is 6.61 Å². The molecule has 0 fully saturated rings. The maximum atomic E-state index is 12.5. The Bertz CT molecular complexity index is 902. The second kappa shape index (κ2) is 32.9. The van der Waals surface area contributed by atoms with Crippen LogP contribution in [0.5, 0.6) is 0 Å². The zero-order valence-corrected chi connectivity index (χ0v) is 29.7. The zero-order valence-electron chi connectivity index (χ0n) is 28.8. The van der Waals surface area contributed by atoms with Crippen LogP contribution in [0.3, 0.4) is 0 Å². The van der Waals surface area contributed by atoms with Crippen LogP contribution in [0.4, 0.5) is 0 Å². The smallest absolute Gasteiger partial charge is 0.462 e. The highest BCUT2D eigenvalue weighted by atomic mass is 31.2. The number of ether oxygens (including phenoxy) is 2. The number of hydrogen-bond acceptors (Lipinski definition) is 8.